The number of nitrogens with zero attached hydrogens (tertiary/aromatic N) is 4. The lowest BCUT2D eigenvalue weighted by molar-refractivity contribution is 0.0240. The van der Waals surface area contributed by atoms with Crippen LogP contribution in [0.15, 0.2) is 24.3 Å². The summed E-state index contributed by atoms with van der Waals surface area (Å²) < 4.78 is 5.54. The number of hydrogen-bond acceptors (Lipinski definition) is 6. The fourth-order valence-corrected chi connectivity index (χ4v) is 5.46. The molecule has 176 valence electrons. The second-order valence-electron chi connectivity index (χ2n) is 9.26. The van der Waals surface area contributed by atoms with Gasteiger partial charge in [0.25, 0.3) is 0 Å². The van der Waals surface area contributed by atoms with Crippen molar-refractivity contribution in [2.24, 2.45) is 0 Å². The maximum Gasteiger partial charge on any atom is 0.410 e. The summed E-state index contributed by atoms with van der Waals surface area (Å²) in [5, 5.41) is 1.31. The van der Waals surface area contributed by atoms with E-state index < -0.39 is 5.60 Å². The third-order valence-electron chi connectivity index (χ3n) is 5.78. The van der Waals surface area contributed by atoms with E-state index in [9.17, 15) is 4.79 Å². The van der Waals surface area contributed by atoms with Crippen LogP contribution in [0.2, 0.25) is 5.28 Å². The van der Waals surface area contributed by atoms with Gasteiger partial charge in [0.05, 0.1) is 5.39 Å². The Balaban J connectivity index is 1.70. The number of benzene rings is 1. The molecule has 0 unspecified atom stereocenters. The molecule has 0 saturated carbocycles. The summed E-state index contributed by atoms with van der Waals surface area (Å²) >= 11 is 8.04. The topological polar surface area (TPSA) is 58.6 Å². The second-order valence-corrected chi connectivity index (χ2v) is 10.7. The monoisotopic (exact) mass is 486 g/mol. The molecule has 6 nitrogen and oxygen atoms in total. The first-order valence-corrected chi connectivity index (χ1v) is 12.7. The maximum absolute atomic E-state index is 12.5. The Labute approximate surface area is 204 Å². The molecule has 1 aliphatic heterocycles. The van der Waals surface area contributed by atoms with Gasteiger partial charge >= 0.3 is 6.09 Å². The molecule has 4 rings (SSSR count). The van der Waals surface area contributed by atoms with Crippen LogP contribution >= 0.6 is 22.9 Å². The first-order chi connectivity index (χ1) is 15.7. The number of aryl methyl sites for hydroxylation is 2. The van der Waals surface area contributed by atoms with Gasteiger partial charge in [-0.1, -0.05) is 38.1 Å². The van der Waals surface area contributed by atoms with E-state index in [0.717, 1.165) is 28.9 Å². The van der Waals surface area contributed by atoms with E-state index in [0.29, 0.717) is 26.2 Å². The van der Waals surface area contributed by atoms with Crippen molar-refractivity contribution >= 4 is 45.1 Å². The molecule has 2 aromatic heterocycles. The van der Waals surface area contributed by atoms with Crippen molar-refractivity contribution in [2.75, 3.05) is 31.1 Å². The van der Waals surface area contributed by atoms with Crippen LogP contribution < -0.4 is 4.90 Å². The Morgan fingerprint density at radius 3 is 2.30 bits per heavy atom. The minimum atomic E-state index is -0.504. The van der Waals surface area contributed by atoms with Gasteiger partial charge in [0.15, 0.2) is 0 Å². The summed E-state index contributed by atoms with van der Waals surface area (Å²) in [4.78, 5) is 27.9. The molecular formula is C25H31ClN4O2S. The molecule has 1 amide bonds. The highest BCUT2D eigenvalue weighted by molar-refractivity contribution is 7.19. The van der Waals surface area contributed by atoms with Gasteiger partial charge in [0.2, 0.25) is 5.28 Å². The predicted octanol–water partition coefficient (Wildman–Crippen LogP) is 6.19. The van der Waals surface area contributed by atoms with Crippen LogP contribution in [-0.2, 0) is 17.6 Å². The lowest BCUT2D eigenvalue weighted by Crippen LogP contribution is -2.50. The molecule has 0 N–H and O–H groups in total. The highest BCUT2D eigenvalue weighted by Gasteiger charge is 2.29. The van der Waals surface area contributed by atoms with Crippen LogP contribution in [0.4, 0.5) is 10.6 Å². The Morgan fingerprint density at radius 2 is 1.73 bits per heavy atom. The van der Waals surface area contributed by atoms with E-state index in [4.69, 9.17) is 16.3 Å². The van der Waals surface area contributed by atoms with Crippen molar-refractivity contribution in [3.05, 3.63) is 40.0 Å². The number of fused-ring (bicyclic) bond motifs is 1. The van der Waals surface area contributed by atoms with Crippen LogP contribution in [-0.4, -0.2) is 52.7 Å². The van der Waals surface area contributed by atoms with E-state index in [2.05, 4.69) is 53.0 Å². The molecule has 0 radical (unpaired) electrons. The highest BCUT2D eigenvalue weighted by atomic mass is 35.5. The highest BCUT2D eigenvalue weighted by Crippen LogP contribution is 2.43. The number of ether oxygens (including phenoxy) is 1. The van der Waals surface area contributed by atoms with Crippen LogP contribution in [0.1, 0.15) is 45.1 Å². The molecule has 0 bridgehead atoms. The Morgan fingerprint density at radius 1 is 1.06 bits per heavy atom. The molecule has 3 aromatic rings. The molecule has 3 heterocycles. The van der Waals surface area contributed by atoms with Crippen molar-refractivity contribution in [1.29, 1.82) is 0 Å². The number of carbonyl (C=O) groups is 1. The number of amides is 1. The number of halogens is 1. The number of carbonyl (C=O) groups excluding carboxylic acids is 1. The van der Waals surface area contributed by atoms with Gasteiger partial charge in [0.1, 0.15) is 16.2 Å². The Bertz CT molecular complexity index is 1150. The molecule has 1 saturated heterocycles. The summed E-state index contributed by atoms with van der Waals surface area (Å²) in [5.41, 5.74) is 3.18. The maximum atomic E-state index is 12.5. The molecule has 0 aliphatic carbocycles. The lowest BCUT2D eigenvalue weighted by Gasteiger charge is -2.36. The summed E-state index contributed by atoms with van der Waals surface area (Å²) in [6, 6.07) is 8.76. The van der Waals surface area contributed by atoms with Crippen molar-refractivity contribution in [2.45, 2.75) is 53.1 Å². The summed E-state index contributed by atoms with van der Waals surface area (Å²) in [7, 11) is 0. The van der Waals surface area contributed by atoms with E-state index in [1.165, 1.54) is 21.6 Å². The molecule has 0 atom stereocenters. The number of piperazine rings is 1. The number of rotatable bonds is 4. The van der Waals surface area contributed by atoms with E-state index in [-0.39, 0.29) is 11.4 Å². The zero-order valence-corrected chi connectivity index (χ0v) is 21.5. The lowest BCUT2D eigenvalue weighted by atomic mass is 10.00. The average molecular weight is 487 g/mol. The minimum Gasteiger partial charge on any atom is -0.444 e. The quantitative estimate of drug-likeness (QED) is 0.411. The smallest absolute Gasteiger partial charge is 0.410 e. The normalized spacial score (nSPS) is 14.7. The molecule has 33 heavy (non-hydrogen) atoms. The Kier molecular flexibility index (Phi) is 6.82. The molecular weight excluding hydrogens is 456 g/mol. The van der Waals surface area contributed by atoms with Gasteiger partial charge in [-0.2, -0.15) is 4.98 Å². The van der Waals surface area contributed by atoms with Gasteiger partial charge in [0, 0.05) is 36.6 Å². The number of thiophene rings is 1. The molecule has 1 aliphatic rings. The van der Waals surface area contributed by atoms with E-state index >= 15 is 0 Å². The largest absolute Gasteiger partial charge is 0.444 e. The fraction of sp³-hybridized carbons (Fsp3) is 0.480. The summed E-state index contributed by atoms with van der Waals surface area (Å²) in [6.07, 6.45) is 1.65. The number of hydrogen-bond donors (Lipinski definition) is 0. The van der Waals surface area contributed by atoms with Crippen LogP contribution in [0.25, 0.3) is 21.3 Å². The first kappa shape index (κ1) is 23.8. The van der Waals surface area contributed by atoms with Crippen molar-refractivity contribution in [3.63, 3.8) is 0 Å². The second kappa shape index (κ2) is 9.47. The standard InChI is InChI=1S/C25H31ClN4O2S/c1-6-16-8-10-17(11-9-16)19-18(7-2)33-22-20(19)21(27-23(26)28-22)29-12-14-30(15-13-29)24(31)32-25(3,4)5/h8-11H,6-7,12-15H2,1-5H3. The SMILES string of the molecule is CCc1ccc(-c2c(CC)sc3nc(Cl)nc(N4CCN(C(=O)OC(C)(C)C)CC4)c23)cc1. The molecule has 8 heteroatoms. The van der Waals surface area contributed by atoms with Gasteiger partial charge in [-0.25, -0.2) is 9.78 Å². The van der Waals surface area contributed by atoms with E-state index in [1.807, 2.05) is 20.8 Å². The zero-order valence-electron chi connectivity index (χ0n) is 19.9. The van der Waals surface area contributed by atoms with Crippen molar-refractivity contribution in [1.82, 2.24) is 14.9 Å². The van der Waals surface area contributed by atoms with E-state index in [1.54, 1.807) is 16.2 Å². The zero-order chi connectivity index (χ0) is 23.8. The molecule has 1 aromatic carbocycles. The van der Waals surface area contributed by atoms with Gasteiger partial charge in [-0.15, -0.1) is 11.3 Å². The third kappa shape index (κ3) is 5.09. The number of aromatic nitrogens is 2. The van der Waals surface area contributed by atoms with Crippen LogP contribution in [0.3, 0.4) is 0 Å². The van der Waals surface area contributed by atoms with Gasteiger partial charge in [-0.05, 0) is 56.3 Å². The first-order valence-electron chi connectivity index (χ1n) is 11.5. The minimum absolute atomic E-state index is 0.254. The fourth-order valence-electron chi connectivity index (χ4n) is 4.12. The average Bonchev–Trinajstić information content (AvgIpc) is 3.16. The Hall–Kier alpha value is -2.38. The van der Waals surface area contributed by atoms with Crippen molar-refractivity contribution in [3.8, 4) is 11.1 Å². The summed E-state index contributed by atoms with van der Waals surface area (Å²) in [5.74, 6) is 0.847. The molecule has 0 spiro atoms. The van der Waals surface area contributed by atoms with Gasteiger partial charge in [-0.3, -0.25) is 0 Å². The predicted molar refractivity (Wildman–Crippen MR) is 137 cm³/mol. The third-order valence-corrected chi connectivity index (χ3v) is 7.18. The molecule has 1 fully saturated rings. The van der Waals surface area contributed by atoms with Gasteiger partial charge < -0.3 is 14.5 Å². The van der Waals surface area contributed by atoms with Crippen LogP contribution in [0.5, 0.6) is 0 Å². The number of anilines is 1. The summed E-state index contributed by atoms with van der Waals surface area (Å²) in [6.45, 7) is 12.5. The van der Waals surface area contributed by atoms with Crippen LogP contribution in [0, 0.1) is 0 Å². The van der Waals surface area contributed by atoms with Crippen molar-refractivity contribution < 1.29 is 9.53 Å².